The summed E-state index contributed by atoms with van der Waals surface area (Å²) in [6.07, 6.45) is 1.45. The first-order valence-electron chi connectivity index (χ1n) is 4.33. The van der Waals surface area contributed by atoms with Crippen molar-refractivity contribution in [2.75, 3.05) is 0 Å². The van der Waals surface area contributed by atoms with Gasteiger partial charge in [-0.15, -0.1) is 11.6 Å². The molecule has 1 radical (unpaired) electrons. The molecule has 0 unspecified atom stereocenters. The molecule has 2 aromatic rings. The van der Waals surface area contributed by atoms with Gasteiger partial charge in [0.05, 0.1) is 0 Å². The summed E-state index contributed by atoms with van der Waals surface area (Å²) in [5.74, 6) is 0. The van der Waals surface area contributed by atoms with Crippen molar-refractivity contribution in [3.8, 4) is 0 Å². The second kappa shape index (κ2) is 4.12. The molecule has 0 bridgehead atoms. The van der Waals surface area contributed by atoms with Gasteiger partial charge in [0.1, 0.15) is 0 Å². The molecule has 2 rings (SSSR count). The van der Waals surface area contributed by atoms with E-state index >= 15 is 0 Å². The molecule has 0 atom stereocenters. The van der Waals surface area contributed by atoms with E-state index in [1.54, 1.807) is 0 Å². The van der Waals surface area contributed by atoms with Crippen LogP contribution >= 0.6 is 0 Å². The van der Waals surface area contributed by atoms with Crippen molar-refractivity contribution in [1.29, 1.82) is 0 Å². The molecule has 0 aliphatic rings. The fourth-order valence-electron chi connectivity index (χ4n) is 1.23. The summed E-state index contributed by atoms with van der Waals surface area (Å²) in [4.78, 5) is 4.02. The van der Waals surface area contributed by atoms with E-state index < -0.39 is 0 Å². The van der Waals surface area contributed by atoms with Crippen LogP contribution in [0.2, 0.25) is 0 Å². The van der Waals surface area contributed by atoms with E-state index in [1.165, 1.54) is 12.0 Å². The average Bonchev–Trinajstić information content (AvgIpc) is 2.47. The summed E-state index contributed by atoms with van der Waals surface area (Å²) in [6, 6.07) is 7.10. The van der Waals surface area contributed by atoms with Gasteiger partial charge >= 0.3 is 0 Å². The summed E-state index contributed by atoms with van der Waals surface area (Å²) in [6.45, 7) is 6.50. The van der Waals surface area contributed by atoms with E-state index in [-0.39, 0.29) is 38.1 Å². The van der Waals surface area contributed by atoms with Gasteiger partial charge < -0.3 is 4.42 Å². The Morgan fingerprint density at radius 3 is 2.71 bits per heavy atom. The molecule has 0 saturated carbocycles. The summed E-state index contributed by atoms with van der Waals surface area (Å²) in [5.41, 5.74) is 2.97. The van der Waals surface area contributed by atoms with Crippen LogP contribution in [0.15, 0.2) is 22.9 Å². The third-order valence-electron chi connectivity index (χ3n) is 2.11. The smallest absolute Gasteiger partial charge is 0.165 e. The number of rotatable bonds is 0. The number of hydrogen-bond acceptors (Lipinski definition) is 2. The Labute approximate surface area is 109 Å². The van der Waals surface area contributed by atoms with Crippen LogP contribution in [0, 0.1) is 6.07 Å². The van der Waals surface area contributed by atoms with Crippen molar-refractivity contribution in [3.05, 3.63) is 30.2 Å². The molecular formula is C11H12NOY-. The topological polar surface area (TPSA) is 26.0 Å². The van der Waals surface area contributed by atoms with Crippen LogP contribution in [-0.4, -0.2) is 4.98 Å². The summed E-state index contributed by atoms with van der Waals surface area (Å²) in [7, 11) is 0. The minimum atomic E-state index is 0. The maximum absolute atomic E-state index is 5.21. The van der Waals surface area contributed by atoms with Crippen LogP contribution in [0.5, 0.6) is 0 Å². The summed E-state index contributed by atoms with van der Waals surface area (Å²) in [5, 5.41) is 0. The number of hydrogen-bond donors (Lipinski definition) is 0. The zero-order valence-electron chi connectivity index (χ0n) is 8.66. The van der Waals surface area contributed by atoms with E-state index in [1.807, 2.05) is 12.1 Å². The van der Waals surface area contributed by atoms with Crippen molar-refractivity contribution < 1.29 is 37.1 Å². The molecular weight excluding hydrogens is 251 g/mol. The Balaban J connectivity index is 0.000000980. The predicted octanol–water partition coefficient (Wildman–Crippen LogP) is 2.92. The first kappa shape index (κ1) is 11.9. The normalized spacial score (nSPS) is 11.4. The number of benzene rings is 1. The fourth-order valence-corrected chi connectivity index (χ4v) is 1.23. The molecule has 2 nitrogen and oxygen atoms in total. The number of aromatic nitrogens is 1. The SMILES string of the molecule is CC(C)(C)c1c[c-]c2ncoc2c1.[Y]. The van der Waals surface area contributed by atoms with Crippen molar-refractivity contribution in [3.63, 3.8) is 0 Å². The molecule has 0 fully saturated rings. The van der Waals surface area contributed by atoms with Crippen molar-refractivity contribution in [2.45, 2.75) is 26.2 Å². The second-order valence-electron chi connectivity index (χ2n) is 4.20. The van der Waals surface area contributed by atoms with E-state index in [0.29, 0.717) is 0 Å². The summed E-state index contributed by atoms with van der Waals surface area (Å²) < 4.78 is 5.21. The zero-order chi connectivity index (χ0) is 9.47. The van der Waals surface area contributed by atoms with Gasteiger partial charge in [-0.3, -0.25) is 0 Å². The van der Waals surface area contributed by atoms with E-state index in [2.05, 4.69) is 31.8 Å². The molecule has 71 valence electrons. The van der Waals surface area contributed by atoms with E-state index in [4.69, 9.17) is 4.42 Å². The molecule has 0 amide bonds. The molecule has 14 heavy (non-hydrogen) atoms. The Hall–Kier alpha value is -0.206. The largest absolute Gasteiger partial charge is 0.506 e. The Bertz CT molecular complexity index is 428. The third kappa shape index (κ3) is 2.24. The maximum Gasteiger partial charge on any atom is 0.165 e. The minimum absolute atomic E-state index is 0. The van der Waals surface area contributed by atoms with Crippen LogP contribution in [0.25, 0.3) is 11.1 Å². The van der Waals surface area contributed by atoms with E-state index in [0.717, 1.165) is 11.1 Å². The van der Waals surface area contributed by atoms with Gasteiger partial charge in [-0.05, 0) is 5.52 Å². The van der Waals surface area contributed by atoms with Gasteiger partial charge in [0.2, 0.25) is 0 Å². The molecule has 1 aromatic heterocycles. The van der Waals surface area contributed by atoms with Gasteiger partial charge in [-0.2, -0.15) is 12.1 Å². The van der Waals surface area contributed by atoms with Crippen LogP contribution in [0.1, 0.15) is 26.3 Å². The standard InChI is InChI=1S/C11H12NO.Y/c1-11(2,3)8-4-5-9-10(6-8)13-7-12-9;/h4,6-7H,1-3H3;/q-1;. The van der Waals surface area contributed by atoms with Gasteiger partial charge in [-0.1, -0.05) is 26.2 Å². The van der Waals surface area contributed by atoms with Gasteiger partial charge in [-0.25, -0.2) is 4.98 Å². The molecule has 0 aliphatic carbocycles. The van der Waals surface area contributed by atoms with E-state index in [9.17, 15) is 0 Å². The molecule has 1 aromatic carbocycles. The second-order valence-corrected chi connectivity index (χ2v) is 4.20. The van der Waals surface area contributed by atoms with Crippen LogP contribution in [0.3, 0.4) is 0 Å². The predicted molar refractivity (Wildman–Crippen MR) is 51.5 cm³/mol. The zero-order valence-corrected chi connectivity index (χ0v) is 11.5. The molecule has 0 N–H and O–H groups in total. The Kier molecular flexibility index (Phi) is 3.49. The Morgan fingerprint density at radius 1 is 1.36 bits per heavy atom. The molecule has 0 aliphatic heterocycles. The van der Waals surface area contributed by atoms with Crippen molar-refractivity contribution in [2.24, 2.45) is 0 Å². The quantitative estimate of drug-likeness (QED) is 0.683. The number of fused-ring (bicyclic) bond motifs is 1. The van der Waals surface area contributed by atoms with Gasteiger partial charge in [0.25, 0.3) is 0 Å². The average molecular weight is 263 g/mol. The van der Waals surface area contributed by atoms with Crippen molar-refractivity contribution in [1.82, 2.24) is 4.98 Å². The molecule has 3 heteroatoms. The van der Waals surface area contributed by atoms with Crippen LogP contribution in [-0.2, 0) is 38.1 Å². The molecule has 0 spiro atoms. The first-order chi connectivity index (χ1) is 6.07. The maximum atomic E-state index is 5.21. The fraction of sp³-hybridized carbons (Fsp3) is 0.364. The monoisotopic (exact) mass is 263 g/mol. The van der Waals surface area contributed by atoms with Crippen LogP contribution in [0.4, 0.5) is 0 Å². The van der Waals surface area contributed by atoms with Crippen molar-refractivity contribution >= 4 is 11.1 Å². The minimum Gasteiger partial charge on any atom is -0.506 e. The molecule has 0 saturated heterocycles. The van der Waals surface area contributed by atoms with Gasteiger partial charge in [0.15, 0.2) is 6.39 Å². The first-order valence-corrected chi connectivity index (χ1v) is 4.33. The van der Waals surface area contributed by atoms with Crippen LogP contribution < -0.4 is 0 Å². The van der Waals surface area contributed by atoms with Gasteiger partial charge in [0, 0.05) is 38.3 Å². The third-order valence-corrected chi connectivity index (χ3v) is 2.11. The number of nitrogens with zero attached hydrogens (tertiary/aromatic N) is 1. The molecule has 1 heterocycles. The summed E-state index contributed by atoms with van der Waals surface area (Å²) >= 11 is 0. The Morgan fingerprint density at radius 2 is 2.07 bits per heavy atom. The number of oxazole rings is 1.